The Labute approximate surface area is 330 Å². The van der Waals surface area contributed by atoms with Crippen molar-refractivity contribution in [2.75, 3.05) is 12.3 Å². The minimum absolute atomic E-state index is 0.00733. The van der Waals surface area contributed by atoms with Crippen molar-refractivity contribution in [2.24, 2.45) is 27.9 Å². The van der Waals surface area contributed by atoms with Gasteiger partial charge >= 0.3 is 0 Å². The van der Waals surface area contributed by atoms with Gasteiger partial charge in [-0.15, -0.1) is 0 Å². The van der Waals surface area contributed by atoms with Crippen molar-refractivity contribution in [3.05, 3.63) is 71.9 Å². The molecule has 0 aliphatic carbocycles. The van der Waals surface area contributed by atoms with Crippen molar-refractivity contribution in [3.63, 3.8) is 0 Å². The predicted molar refractivity (Wildman–Crippen MR) is 212 cm³/mol. The van der Waals surface area contributed by atoms with Gasteiger partial charge in [-0.3, -0.25) is 33.8 Å². The third-order valence-corrected chi connectivity index (χ3v) is 8.85. The molecule has 56 heavy (non-hydrogen) atoms. The number of carbonyl (C=O) groups excluding carboxylic acids is 7. The molecule has 6 atom stereocenters. The molecule has 2 unspecified atom stereocenters. The van der Waals surface area contributed by atoms with Crippen molar-refractivity contribution in [1.29, 1.82) is 0 Å². The van der Waals surface area contributed by atoms with Gasteiger partial charge in [-0.05, 0) is 37.0 Å². The lowest BCUT2D eigenvalue weighted by Crippen LogP contribution is -2.60. The summed E-state index contributed by atoms with van der Waals surface area (Å²) < 4.78 is 7.36. The van der Waals surface area contributed by atoms with E-state index >= 15 is 0 Å². The quantitative estimate of drug-likeness (QED) is 0.0110. The monoisotopic (exact) mass is 795 g/mol. The van der Waals surface area contributed by atoms with Crippen LogP contribution in [-0.4, -0.2) is 101 Å². The van der Waals surface area contributed by atoms with E-state index in [1.54, 1.807) is 36.5 Å². The van der Waals surface area contributed by atoms with Gasteiger partial charge in [0.25, 0.3) is 0 Å². The van der Waals surface area contributed by atoms with E-state index in [-0.39, 0.29) is 43.9 Å². The molecule has 0 aliphatic rings. The molecule has 19 nitrogen and oxygen atoms in total. The second-order valence-corrected chi connectivity index (χ2v) is 13.2. The number of nitrogens with one attached hydrogen (secondary N) is 7. The molecular formula is C36H50N12O7S. The lowest BCUT2D eigenvalue weighted by molar-refractivity contribution is -0.134. The number of hydrazine groups is 1. The highest BCUT2D eigenvalue weighted by Crippen LogP contribution is 2.19. The molecule has 3 aromatic rings. The van der Waals surface area contributed by atoms with Gasteiger partial charge in [0.1, 0.15) is 31.8 Å². The van der Waals surface area contributed by atoms with Crippen molar-refractivity contribution in [1.82, 2.24) is 37.1 Å². The molecule has 1 aromatic heterocycles. The zero-order chi connectivity index (χ0) is 42.1. The third-order valence-electron chi connectivity index (χ3n) is 8.48. The molecule has 0 spiro atoms. The smallest absolute Gasteiger partial charge is 0.243 e. The molecular weight excluding hydrogens is 745 g/mol. The zero-order valence-corrected chi connectivity index (χ0v) is 31.6. The molecule has 2 aromatic carbocycles. The minimum Gasteiger partial charge on any atom is -0.370 e. The third kappa shape index (κ3) is 14.3. The largest absolute Gasteiger partial charge is 0.370 e. The molecule has 0 bridgehead atoms. The maximum Gasteiger partial charge on any atom is 0.243 e. The fourth-order valence-electron chi connectivity index (χ4n) is 5.50. The van der Waals surface area contributed by atoms with Gasteiger partial charge in [-0.2, -0.15) is 12.6 Å². The number of aromatic amines is 1. The molecule has 0 saturated carbocycles. The maximum atomic E-state index is 14.1. The summed E-state index contributed by atoms with van der Waals surface area (Å²) in [5.41, 5.74) is 28.7. The molecule has 6 amide bonds. The van der Waals surface area contributed by atoms with Crippen molar-refractivity contribution in [3.8, 4) is 0 Å². The number of primary amides is 2. The number of aliphatic imine (C=N–C) groups is 1. The minimum atomic E-state index is -1.33. The standard InChI is InChI=1S/C36H50N12O7S/c1-20(47-48-23(18-49)16-30(37)50)32(52)44-27(14-21-8-3-2-4-9-21)34(54)43-26(12-7-13-41-36(39)40)33(53)45-28(35(55)46-29(19-56)31(38)51)15-22-17-42-25-11-6-5-10-24(22)25/h2-6,8-11,17-18,20,23,26-29,42,47-48,56H,7,12-16,19H2,1H3,(H2,37,50)(H2,38,51)(H,43,54)(H,44,52)(H,45,53)(H,46,55)(H4,39,40,41)/t20-,23-,26-,27?,28?,29-/m0/s1/i18D. The summed E-state index contributed by atoms with van der Waals surface area (Å²) in [5, 5.41) is 11.4. The molecule has 0 aliphatic heterocycles. The Morgan fingerprint density at radius 2 is 1.39 bits per heavy atom. The van der Waals surface area contributed by atoms with Crippen LogP contribution in [0.1, 0.15) is 38.7 Å². The first-order valence-corrected chi connectivity index (χ1v) is 18.3. The van der Waals surface area contributed by atoms with E-state index < -0.39 is 84.4 Å². The lowest BCUT2D eigenvalue weighted by atomic mass is 10.0. The Bertz CT molecular complexity index is 1910. The van der Waals surface area contributed by atoms with Crippen LogP contribution in [0.5, 0.6) is 0 Å². The molecule has 20 heteroatoms. The Morgan fingerprint density at radius 3 is 2.02 bits per heavy atom. The lowest BCUT2D eigenvalue weighted by Gasteiger charge is -2.27. The van der Waals surface area contributed by atoms with Gasteiger partial charge < -0.3 is 54.0 Å². The van der Waals surface area contributed by atoms with E-state index in [0.29, 0.717) is 11.1 Å². The number of H-pyrrole nitrogens is 1. The summed E-state index contributed by atoms with van der Waals surface area (Å²) in [4.78, 5) is 97.2. The fourth-order valence-corrected chi connectivity index (χ4v) is 5.77. The number of aldehydes is 1. The number of thiol groups is 1. The molecule has 0 radical (unpaired) electrons. The van der Waals surface area contributed by atoms with Crippen molar-refractivity contribution < 1.29 is 34.9 Å². The molecule has 15 N–H and O–H groups in total. The summed E-state index contributed by atoms with van der Waals surface area (Å²) in [6.07, 6.45) is 0.220. The Morgan fingerprint density at radius 1 is 0.804 bits per heavy atom. The van der Waals surface area contributed by atoms with Gasteiger partial charge in [0.2, 0.25) is 35.4 Å². The van der Waals surface area contributed by atoms with E-state index in [9.17, 15) is 33.6 Å². The van der Waals surface area contributed by atoms with Crippen LogP contribution in [0.15, 0.2) is 65.8 Å². The number of guanidine groups is 1. The highest BCUT2D eigenvalue weighted by molar-refractivity contribution is 7.80. The van der Waals surface area contributed by atoms with Crippen LogP contribution in [0.4, 0.5) is 0 Å². The van der Waals surface area contributed by atoms with E-state index in [0.717, 1.165) is 10.9 Å². The number of hydrogen-bond donors (Lipinski definition) is 12. The maximum absolute atomic E-state index is 14.1. The first-order valence-electron chi connectivity index (χ1n) is 18.1. The van der Waals surface area contributed by atoms with Gasteiger partial charge in [0, 0.05) is 48.7 Å². The molecule has 302 valence electrons. The zero-order valence-electron chi connectivity index (χ0n) is 31.7. The van der Waals surface area contributed by atoms with Crippen molar-refractivity contribution in [2.45, 2.75) is 75.3 Å². The highest BCUT2D eigenvalue weighted by Gasteiger charge is 2.32. The summed E-state index contributed by atoms with van der Waals surface area (Å²) >= 11 is 4.11. The van der Waals surface area contributed by atoms with Crippen LogP contribution in [0, 0.1) is 0 Å². The summed E-state index contributed by atoms with van der Waals surface area (Å²) in [6.45, 7) is 1.51. The van der Waals surface area contributed by atoms with Crippen molar-refractivity contribution >= 4 is 71.2 Å². The summed E-state index contributed by atoms with van der Waals surface area (Å²) in [5.74, 6) is -4.93. The number of aromatic nitrogens is 1. The number of carbonyl (C=O) groups is 7. The van der Waals surface area contributed by atoms with Gasteiger partial charge in [0.15, 0.2) is 5.96 Å². The average molecular weight is 796 g/mol. The van der Waals surface area contributed by atoms with E-state index in [1.165, 1.54) is 6.92 Å². The number of amides is 6. The van der Waals surface area contributed by atoms with Crippen LogP contribution in [-0.2, 0) is 46.4 Å². The number of para-hydroxylation sites is 1. The number of fused-ring (bicyclic) bond motifs is 1. The first kappa shape index (κ1) is 42.7. The van der Waals surface area contributed by atoms with Gasteiger partial charge in [-0.25, -0.2) is 10.9 Å². The predicted octanol–water partition coefficient (Wildman–Crippen LogP) is -2.71. The number of nitrogens with two attached hydrogens (primary N) is 4. The Balaban J connectivity index is 1.90. The number of rotatable bonds is 24. The molecule has 0 fully saturated rings. The van der Waals surface area contributed by atoms with Crippen LogP contribution >= 0.6 is 12.6 Å². The van der Waals surface area contributed by atoms with E-state index in [4.69, 9.17) is 24.3 Å². The van der Waals surface area contributed by atoms with E-state index in [2.05, 4.69) is 54.7 Å². The van der Waals surface area contributed by atoms with Crippen LogP contribution in [0.3, 0.4) is 0 Å². The SMILES string of the molecule is [2H]C(=O)[C@H](CC(N)=O)NN[C@@H](C)C(=O)NC(Cc1ccccc1)C(=O)N[C@@H](CCCN=C(N)N)C(=O)NC(Cc1c[nH]c2ccccc12)C(=O)N[C@@H](CS)C(N)=O. The first-order chi connectivity index (χ1) is 27.1. The Hall–Kier alpha value is -5.99. The normalized spacial score (nSPS) is 14.4. The van der Waals surface area contributed by atoms with Gasteiger partial charge in [-0.1, -0.05) is 48.5 Å². The van der Waals surface area contributed by atoms with Gasteiger partial charge in [0.05, 0.1) is 12.1 Å². The second-order valence-electron chi connectivity index (χ2n) is 12.9. The average Bonchev–Trinajstić information content (AvgIpc) is 3.58. The number of benzene rings is 2. The van der Waals surface area contributed by atoms with Crippen LogP contribution in [0.25, 0.3) is 10.9 Å². The molecule has 3 rings (SSSR count). The van der Waals surface area contributed by atoms with E-state index in [1.807, 2.05) is 24.3 Å². The number of hydrogen-bond acceptors (Lipinski definition) is 11. The molecule has 1 heterocycles. The summed E-state index contributed by atoms with van der Waals surface area (Å²) in [6, 6.07) is 8.68. The number of nitrogens with zero attached hydrogens (tertiary/aromatic N) is 1. The fraction of sp³-hybridized carbons (Fsp3) is 0.389. The Kier molecular flexibility index (Phi) is 17.1. The van der Waals surface area contributed by atoms with Crippen LogP contribution < -0.4 is 55.1 Å². The second kappa shape index (κ2) is 22.4. The highest BCUT2D eigenvalue weighted by atomic mass is 32.1. The topological polar surface area (TPSA) is 324 Å². The van der Waals surface area contributed by atoms with Crippen LogP contribution in [0.2, 0.25) is 0 Å². The summed E-state index contributed by atoms with van der Waals surface area (Å²) in [7, 11) is 0. The molecule has 0 saturated heterocycles.